The van der Waals surface area contributed by atoms with Gasteiger partial charge in [0.25, 0.3) is 0 Å². The molecule has 1 amide bonds. The van der Waals surface area contributed by atoms with Gasteiger partial charge in [0.1, 0.15) is 11.9 Å². The smallest absolute Gasteiger partial charge is 0.416 e. The SMILES string of the molecule is COc1ncc(-c2c(C)cc(C(=O)O)cc2C)cc1-c1ccc(N2CCOCC2)nc1CN1C(=O)O[C@H](c2cc(C(F)(F)F)cc(C(F)(F)F)c2)[C@@H]1C. The molecule has 6 rings (SSSR count). The lowest BCUT2D eigenvalue weighted by Gasteiger charge is -2.29. The molecule has 0 unspecified atom stereocenters. The molecule has 0 bridgehead atoms. The Morgan fingerprint density at radius 3 is 2.13 bits per heavy atom. The van der Waals surface area contributed by atoms with Gasteiger partial charge in [0.15, 0.2) is 0 Å². The van der Waals surface area contributed by atoms with Gasteiger partial charge in [-0.1, -0.05) is 0 Å². The number of ether oxygens (including phenoxy) is 3. The number of pyridine rings is 2. The first-order valence-corrected chi connectivity index (χ1v) is 16.4. The van der Waals surface area contributed by atoms with Gasteiger partial charge in [0.2, 0.25) is 5.88 Å². The number of aryl methyl sites for hydroxylation is 2. The topological polar surface area (TPSA) is 114 Å². The fourth-order valence-corrected chi connectivity index (χ4v) is 6.78. The summed E-state index contributed by atoms with van der Waals surface area (Å²) in [6.07, 6.45) is -11.0. The number of carbonyl (C=O) groups excluding carboxylic acids is 1. The van der Waals surface area contributed by atoms with Crippen LogP contribution in [-0.2, 0) is 28.4 Å². The van der Waals surface area contributed by atoms with Gasteiger partial charge in [0, 0.05) is 36.0 Å². The third-order valence-electron chi connectivity index (χ3n) is 9.35. The minimum absolute atomic E-state index is 0.0229. The van der Waals surface area contributed by atoms with Crippen molar-refractivity contribution in [2.24, 2.45) is 0 Å². The predicted octanol–water partition coefficient (Wildman–Crippen LogP) is 8.09. The summed E-state index contributed by atoms with van der Waals surface area (Å²) >= 11 is 0. The number of methoxy groups -OCH3 is 1. The highest BCUT2D eigenvalue weighted by molar-refractivity contribution is 5.90. The van der Waals surface area contributed by atoms with Crippen LogP contribution in [0.2, 0.25) is 0 Å². The number of aromatic nitrogens is 2. The van der Waals surface area contributed by atoms with E-state index in [1.807, 2.05) is 4.90 Å². The number of alkyl halides is 6. The fraction of sp³-hybridized carbons (Fsp3) is 0.351. The molecule has 0 spiro atoms. The highest BCUT2D eigenvalue weighted by Crippen LogP contribution is 2.42. The summed E-state index contributed by atoms with van der Waals surface area (Å²) in [5.41, 5.74) is 0.643. The predicted molar refractivity (Wildman–Crippen MR) is 180 cm³/mol. The van der Waals surface area contributed by atoms with Crippen molar-refractivity contribution in [3.8, 4) is 28.1 Å². The molecule has 2 aromatic heterocycles. The van der Waals surface area contributed by atoms with E-state index in [0.29, 0.717) is 77.8 Å². The first-order valence-electron chi connectivity index (χ1n) is 16.4. The van der Waals surface area contributed by atoms with Gasteiger partial charge in [-0.15, -0.1) is 0 Å². The fourth-order valence-electron chi connectivity index (χ4n) is 6.78. The monoisotopic (exact) mass is 744 g/mol. The summed E-state index contributed by atoms with van der Waals surface area (Å²) < 4.78 is 98.8. The largest absolute Gasteiger partial charge is 0.481 e. The second kappa shape index (κ2) is 14.2. The zero-order valence-electron chi connectivity index (χ0n) is 28.9. The van der Waals surface area contributed by atoms with E-state index in [4.69, 9.17) is 19.2 Å². The Morgan fingerprint density at radius 2 is 1.57 bits per heavy atom. The van der Waals surface area contributed by atoms with Crippen LogP contribution in [0.5, 0.6) is 5.88 Å². The summed E-state index contributed by atoms with van der Waals surface area (Å²) in [4.78, 5) is 37.7. The van der Waals surface area contributed by atoms with E-state index in [-0.39, 0.29) is 24.1 Å². The van der Waals surface area contributed by atoms with Crippen LogP contribution in [0, 0.1) is 13.8 Å². The number of carboxylic acids is 1. The van der Waals surface area contributed by atoms with E-state index in [9.17, 15) is 41.0 Å². The Hall–Kier alpha value is -5.38. The number of rotatable bonds is 8. The van der Waals surface area contributed by atoms with Gasteiger partial charge in [0.05, 0.1) is 55.3 Å². The van der Waals surface area contributed by atoms with E-state index < -0.39 is 53.3 Å². The lowest BCUT2D eigenvalue weighted by Crippen LogP contribution is -2.37. The molecule has 2 aliphatic rings. The number of hydrogen-bond donors (Lipinski definition) is 1. The molecular formula is C37H34F6N4O6. The van der Waals surface area contributed by atoms with E-state index in [0.717, 1.165) is 5.56 Å². The van der Waals surface area contributed by atoms with E-state index in [1.54, 1.807) is 50.4 Å². The number of nitrogens with zero attached hydrogens (tertiary/aromatic N) is 4. The van der Waals surface area contributed by atoms with Crippen molar-refractivity contribution in [2.45, 2.75) is 51.8 Å². The first kappa shape index (κ1) is 37.4. The first-order chi connectivity index (χ1) is 25.0. The van der Waals surface area contributed by atoms with Gasteiger partial charge in [-0.05, 0) is 91.6 Å². The molecule has 0 aliphatic carbocycles. The van der Waals surface area contributed by atoms with Crippen LogP contribution in [0.25, 0.3) is 22.3 Å². The van der Waals surface area contributed by atoms with Gasteiger partial charge >= 0.3 is 24.4 Å². The molecule has 0 radical (unpaired) electrons. The normalized spacial score (nSPS) is 18.0. The minimum atomic E-state index is -5.09. The van der Waals surface area contributed by atoms with Crippen LogP contribution in [0.4, 0.5) is 37.0 Å². The van der Waals surface area contributed by atoms with Gasteiger partial charge in [-0.25, -0.2) is 19.6 Å². The zero-order valence-corrected chi connectivity index (χ0v) is 28.9. The van der Waals surface area contributed by atoms with Crippen LogP contribution in [-0.4, -0.2) is 71.5 Å². The number of hydrogen-bond acceptors (Lipinski definition) is 8. The maximum Gasteiger partial charge on any atom is 0.416 e. The molecular weight excluding hydrogens is 710 g/mol. The van der Waals surface area contributed by atoms with Gasteiger partial charge < -0.3 is 24.2 Å². The van der Waals surface area contributed by atoms with Crippen molar-refractivity contribution in [1.29, 1.82) is 0 Å². The molecule has 2 aromatic carbocycles. The van der Waals surface area contributed by atoms with Crippen molar-refractivity contribution in [1.82, 2.24) is 14.9 Å². The van der Waals surface area contributed by atoms with Crippen molar-refractivity contribution >= 4 is 17.9 Å². The Morgan fingerprint density at radius 1 is 0.943 bits per heavy atom. The summed E-state index contributed by atoms with van der Waals surface area (Å²) in [5, 5.41) is 9.55. The number of carboxylic acid groups (broad SMARTS) is 1. The molecule has 10 nitrogen and oxygen atoms in total. The van der Waals surface area contributed by atoms with Crippen LogP contribution in [0.3, 0.4) is 0 Å². The lowest BCUT2D eigenvalue weighted by atomic mass is 9.92. The quantitative estimate of drug-likeness (QED) is 0.179. The van der Waals surface area contributed by atoms with E-state index in [2.05, 4.69) is 4.98 Å². The van der Waals surface area contributed by atoms with Gasteiger partial charge in [-0.2, -0.15) is 26.3 Å². The Bertz CT molecular complexity index is 2010. The van der Waals surface area contributed by atoms with Crippen molar-refractivity contribution in [2.75, 3.05) is 38.3 Å². The Balaban J connectivity index is 1.44. The average Bonchev–Trinajstić information content (AvgIpc) is 3.39. The summed E-state index contributed by atoms with van der Waals surface area (Å²) in [7, 11) is 1.42. The van der Waals surface area contributed by atoms with Crippen molar-refractivity contribution in [3.05, 3.63) is 93.8 Å². The molecule has 1 N–H and O–H groups in total. The maximum atomic E-state index is 13.7. The third kappa shape index (κ3) is 7.59. The number of aromatic carboxylic acids is 1. The number of halogens is 6. The second-order valence-electron chi connectivity index (χ2n) is 12.8. The minimum Gasteiger partial charge on any atom is -0.481 e. The lowest BCUT2D eigenvalue weighted by molar-refractivity contribution is -0.143. The van der Waals surface area contributed by atoms with Crippen LogP contribution in [0.1, 0.15) is 56.9 Å². The molecule has 0 saturated carbocycles. The Labute approximate surface area is 299 Å². The molecule has 280 valence electrons. The van der Waals surface area contributed by atoms with E-state index in [1.165, 1.54) is 18.9 Å². The third-order valence-corrected chi connectivity index (χ3v) is 9.35. The molecule has 4 aromatic rings. The molecule has 4 heterocycles. The average molecular weight is 745 g/mol. The van der Waals surface area contributed by atoms with E-state index >= 15 is 0 Å². The van der Waals surface area contributed by atoms with Crippen molar-refractivity contribution < 1.29 is 55.2 Å². The molecule has 2 aliphatic heterocycles. The number of anilines is 1. The Kier molecular flexibility index (Phi) is 10.0. The molecule has 16 heteroatoms. The van der Waals surface area contributed by atoms with Gasteiger partial charge in [-0.3, -0.25) is 4.90 Å². The number of carbonyl (C=O) groups is 2. The zero-order chi connectivity index (χ0) is 38.4. The van der Waals surface area contributed by atoms with Crippen LogP contribution < -0.4 is 9.64 Å². The number of morpholine rings is 1. The highest BCUT2D eigenvalue weighted by atomic mass is 19.4. The number of benzene rings is 2. The second-order valence-corrected chi connectivity index (χ2v) is 12.8. The van der Waals surface area contributed by atoms with Crippen LogP contribution in [0.15, 0.2) is 54.7 Å². The molecule has 2 saturated heterocycles. The molecule has 2 fully saturated rings. The standard InChI is InChI=1S/C37H34F6N4O6/c1-19-11-23(34(48)49)12-20(2)31(19)24-15-28(33(51-4)44-17-24)27-5-6-30(46-7-9-52-10-8-46)45-29(27)18-47-21(3)32(53-35(47)50)22-13-25(36(38,39)40)16-26(14-22)37(41,42)43/h5-6,11-17,21,32H,7-10,18H2,1-4H3,(H,48,49)/t21-,32-/m0/s1. The van der Waals surface area contributed by atoms with Crippen LogP contribution >= 0.6 is 0 Å². The summed E-state index contributed by atoms with van der Waals surface area (Å²) in [5.74, 6) is -0.319. The van der Waals surface area contributed by atoms with Crippen molar-refractivity contribution in [3.63, 3.8) is 0 Å². The molecule has 2 atom stereocenters. The maximum absolute atomic E-state index is 13.7. The molecule has 53 heavy (non-hydrogen) atoms. The number of amides is 1. The highest BCUT2D eigenvalue weighted by Gasteiger charge is 2.43. The number of cyclic esters (lactones) is 1. The summed E-state index contributed by atoms with van der Waals surface area (Å²) in [6, 6.07) is 8.59. The summed E-state index contributed by atoms with van der Waals surface area (Å²) in [6.45, 7) is 6.75.